The maximum Gasteiger partial charge on any atom is 0.305 e. The first kappa shape index (κ1) is 17.4. The Morgan fingerprint density at radius 2 is 1.61 bits per heavy atom. The van der Waals surface area contributed by atoms with Gasteiger partial charge in [0.2, 0.25) is 0 Å². The van der Waals surface area contributed by atoms with Gasteiger partial charge in [0.25, 0.3) is 0 Å². The highest BCUT2D eigenvalue weighted by Crippen LogP contribution is 2.24. The molecule has 4 heteroatoms. The SMILES string of the molecule is CCC(=O)O[C@H](CC)[C@H](C)[C@H](O)[C@H](C)[C@H](O)CC. The zero-order chi connectivity index (χ0) is 14.3. The van der Waals surface area contributed by atoms with Crippen LogP contribution in [-0.4, -0.2) is 34.5 Å². The molecular weight excluding hydrogens is 232 g/mol. The van der Waals surface area contributed by atoms with Gasteiger partial charge < -0.3 is 14.9 Å². The fourth-order valence-corrected chi connectivity index (χ4v) is 2.11. The average molecular weight is 260 g/mol. The van der Waals surface area contributed by atoms with Crippen molar-refractivity contribution in [2.45, 2.75) is 72.2 Å². The van der Waals surface area contributed by atoms with Crippen LogP contribution < -0.4 is 0 Å². The molecule has 0 radical (unpaired) electrons. The summed E-state index contributed by atoms with van der Waals surface area (Å²) in [7, 11) is 0. The lowest BCUT2D eigenvalue weighted by Crippen LogP contribution is -2.40. The molecule has 0 aromatic carbocycles. The van der Waals surface area contributed by atoms with Gasteiger partial charge in [-0.1, -0.05) is 34.6 Å². The lowest BCUT2D eigenvalue weighted by molar-refractivity contribution is -0.155. The van der Waals surface area contributed by atoms with Crippen LogP contribution >= 0.6 is 0 Å². The van der Waals surface area contributed by atoms with Crippen LogP contribution in [0.1, 0.15) is 53.9 Å². The van der Waals surface area contributed by atoms with Crippen molar-refractivity contribution in [2.24, 2.45) is 11.8 Å². The van der Waals surface area contributed by atoms with Crippen LogP contribution in [0.25, 0.3) is 0 Å². The van der Waals surface area contributed by atoms with E-state index >= 15 is 0 Å². The second-order valence-electron chi connectivity index (χ2n) is 4.97. The first-order chi connectivity index (χ1) is 8.38. The molecule has 0 saturated heterocycles. The Hall–Kier alpha value is -0.610. The minimum Gasteiger partial charge on any atom is -0.462 e. The largest absolute Gasteiger partial charge is 0.462 e. The predicted octanol–water partition coefficient (Wildman–Crippen LogP) is 2.12. The predicted molar refractivity (Wildman–Crippen MR) is 71.1 cm³/mol. The Balaban J connectivity index is 4.56. The van der Waals surface area contributed by atoms with Crippen LogP contribution in [0.2, 0.25) is 0 Å². The summed E-state index contributed by atoms with van der Waals surface area (Å²) < 4.78 is 5.31. The molecule has 0 amide bonds. The van der Waals surface area contributed by atoms with E-state index in [1.807, 2.05) is 27.7 Å². The molecule has 0 rings (SSSR count). The number of aliphatic hydroxyl groups is 2. The summed E-state index contributed by atoms with van der Waals surface area (Å²) in [6.45, 7) is 9.24. The van der Waals surface area contributed by atoms with E-state index in [1.54, 1.807) is 6.92 Å². The highest BCUT2D eigenvalue weighted by atomic mass is 16.5. The summed E-state index contributed by atoms with van der Waals surface area (Å²) in [6.07, 6.45) is 0.123. The van der Waals surface area contributed by atoms with Gasteiger partial charge >= 0.3 is 5.97 Å². The third-order valence-electron chi connectivity index (χ3n) is 3.66. The van der Waals surface area contributed by atoms with E-state index in [1.165, 1.54) is 0 Å². The Morgan fingerprint density at radius 3 is 2.00 bits per heavy atom. The third-order valence-corrected chi connectivity index (χ3v) is 3.66. The number of carbonyl (C=O) groups excluding carboxylic acids is 1. The van der Waals surface area contributed by atoms with Crippen molar-refractivity contribution in [3.63, 3.8) is 0 Å². The molecule has 0 saturated carbocycles. The minimum atomic E-state index is -0.672. The maximum atomic E-state index is 11.3. The van der Waals surface area contributed by atoms with Crippen molar-refractivity contribution >= 4 is 5.97 Å². The molecule has 5 atom stereocenters. The highest BCUT2D eigenvalue weighted by molar-refractivity contribution is 5.69. The zero-order valence-electron chi connectivity index (χ0n) is 12.2. The number of esters is 1. The molecule has 0 aromatic rings. The van der Waals surface area contributed by atoms with Crippen LogP contribution in [0.15, 0.2) is 0 Å². The summed E-state index contributed by atoms with van der Waals surface area (Å²) >= 11 is 0. The second kappa shape index (κ2) is 8.48. The standard InChI is InChI=1S/C14H28O4/c1-6-11(15)9(4)14(17)10(5)12(7-2)18-13(16)8-3/h9-12,14-15,17H,6-8H2,1-5H3/t9-,10+,11-,12-,14-/m1/s1. The summed E-state index contributed by atoms with van der Waals surface area (Å²) in [4.78, 5) is 11.3. The molecule has 0 bridgehead atoms. The van der Waals surface area contributed by atoms with E-state index in [2.05, 4.69) is 0 Å². The molecule has 0 aliphatic rings. The monoisotopic (exact) mass is 260 g/mol. The first-order valence-corrected chi connectivity index (χ1v) is 6.94. The van der Waals surface area contributed by atoms with E-state index in [4.69, 9.17) is 4.74 Å². The van der Waals surface area contributed by atoms with Crippen molar-refractivity contribution in [1.82, 2.24) is 0 Å². The van der Waals surface area contributed by atoms with E-state index in [9.17, 15) is 15.0 Å². The molecule has 0 aliphatic carbocycles. The molecule has 0 heterocycles. The summed E-state index contributed by atoms with van der Waals surface area (Å²) in [5.41, 5.74) is 0. The van der Waals surface area contributed by atoms with Crippen LogP contribution in [-0.2, 0) is 9.53 Å². The van der Waals surface area contributed by atoms with Crippen molar-refractivity contribution in [2.75, 3.05) is 0 Å². The maximum absolute atomic E-state index is 11.3. The number of hydrogen-bond acceptors (Lipinski definition) is 4. The molecule has 18 heavy (non-hydrogen) atoms. The van der Waals surface area contributed by atoms with Gasteiger partial charge in [0.15, 0.2) is 0 Å². The van der Waals surface area contributed by atoms with Gasteiger partial charge in [-0.15, -0.1) is 0 Å². The van der Waals surface area contributed by atoms with Crippen LogP contribution in [0.4, 0.5) is 0 Å². The van der Waals surface area contributed by atoms with E-state index < -0.39 is 12.2 Å². The molecule has 0 aromatic heterocycles. The van der Waals surface area contributed by atoms with Gasteiger partial charge in [-0.2, -0.15) is 0 Å². The molecule has 0 unspecified atom stereocenters. The number of carbonyl (C=O) groups is 1. The van der Waals surface area contributed by atoms with Crippen molar-refractivity contribution in [3.05, 3.63) is 0 Å². The molecular formula is C14H28O4. The topological polar surface area (TPSA) is 66.8 Å². The summed E-state index contributed by atoms with van der Waals surface area (Å²) in [5.74, 6) is -0.648. The van der Waals surface area contributed by atoms with E-state index in [0.29, 0.717) is 19.3 Å². The van der Waals surface area contributed by atoms with Gasteiger partial charge in [-0.05, 0) is 12.8 Å². The average Bonchev–Trinajstić information content (AvgIpc) is 2.40. The van der Waals surface area contributed by atoms with Gasteiger partial charge in [0.1, 0.15) is 6.10 Å². The molecule has 2 N–H and O–H groups in total. The third kappa shape index (κ3) is 4.94. The molecule has 0 aliphatic heterocycles. The second-order valence-corrected chi connectivity index (χ2v) is 4.97. The van der Waals surface area contributed by atoms with Gasteiger partial charge in [0.05, 0.1) is 12.2 Å². The van der Waals surface area contributed by atoms with Crippen LogP contribution in [0.5, 0.6) is 0 Å². The molecule has 0 spiro atoms. The quantitative estimate of drug-likeness (QED) is 0.656. The first-order valence-electron chi connectivity index (χ1n) is 6.94. The van der Waals surface area contributed by atoms with Gasteiger partial charge in [-0.3, -0.25) is 4.79 Å². The zero-order valence-corrected chi connectivity index (χ0v) is 12.2. The van der Waals surface area contributed by atoms with E-state index in [-0.39, 0.29) is 23.9 Å². The Bertz CT molecular complexity index is 242. The minimum absolute atomic E-state index is 0.179. The van der Waals surface area contributed by atoms with Gasteiger partial charge in [0, 0.05) is 18.3 Å². The highest BCUT2D eigenvalue weighted by Gasteiger charge is 2.32. The lowest BCUT2D eigenvalue weighted by Gasteiger charge is -2.32. The number of rotatable bonds is 8. The summed E-state index contributed by atoms with van der Waals surface area (Å²) in [6, 6.07) is 0. The van der Waals surface area contributed by atoms with Crippen LogP contribution in [0.3, 0.4) is 0 Å². The number of ether oxygens (including phenoxy) is 1. The van der Waals surface area contributed by atoms with Crippen molar-refractivity contribution in [1.29, 1.82) is 0 Å². The molecule has 4 nitrogen and oxygen atoms in total. The Kier molecular flexibility index (Phi) is 8.20. The Morgan fingerprint density at radius 1 is 1.06 bits per heavy atom. The van der Waals surface area contributed by atoms with Crippen molar-refractivity contribution in [3.8, 4) is 0 Å². The fourth-order valence-electron chi connectivity index (χ4n) is 2.11. The smallest absolute Gasteiger partial charge is 0.305 e. The van der Waals surface area contributed by atoms with Gasteiger partial charge in [-0.25, -0.2) is 0 Å². The normalized spacial score (nSPS) is 19.7. The fraction of sp³-hybridized carbons (Fsp3) is 0.929. The molecule has 108 valence electrons. The number of aliphatic hydroxyl groups excluding tert-OH is 2. The molecule has 0 fully saturated rings. The van der Waals surface area contributed by atoms with Crippen LogP contribution in [0, 0.1) is 11.8 Å². The lowest BCUT2D eigenvalue weighted by atomic mass is 9.84. The Labute approximate surface area is 110 Å². The van der Waals surface area contributed by atoms with Crippen molar-refractivity contribution < 1.29 is 19.7 Å². The number of hydrogen-bond donors (Lipinski definition) is 2. The van der Waals surface area contributed by atoms with E-state index in [0.717, 1.165) is 0 Å². The summed E-state index contributed by atoms with van der Waals surface area (Å²) in [5, 5.41) is 20.0.